The minimum Gasteiger partial charge on any atom is -0.451 e. The van der Waals surface area contributed by atoms with Gasteiger partial charge < -0.3 is 4.74 Å². The molecule has 0 heterocycles. The molecule has 0 aromatic heterocycles. The minimum absolute atomic E-state index is 0.0653. The Bertz CT molecular complexity index is 749. The van der Waals surface area contributed by atoms with E-state index in [4.69, 9.17) is 27.9 Å². The van der Waals surface area contributed by atoms with Crippen LogP contribution in [0.4, 0.5) is 0 Å². The van der Waals surface area contributed by atoms with Crippen molar-refractivity contribution in [1.82, 2.24) is 0 Å². The van der Waals surface area contributed by atoms with Crippen LogP contribution in [0.5, 0.6) is 0 Å². The molecule has 120 valence electrons. The van der Waals surface area contributed by atoms with Gasteiger partial charge in [0.2, 0.25) is 5.78 Å². The van der Waals surface area contributed by atoms with Gasteiger partial charge in [-0.3, -0.25) is 4.79 Å². The summed E-state index contributed by atoms with van der Waals surface area (Å²) in [5, 5.41) is 0.377. The summed E-state index contributed by atoms with van der Waals surface area (Å²) in [6, 6.07) is 10.1. The average Bonchev–Trinajstić information content (AvgIpc) is 2.49. The lowest BCUT2D eigenvalue weighted by atomic mass is 10.0. The van der Waals surface area contributed by atoms with Gasteiger partial charge in [0.05, 0.1) is 15.6 Å². The molecule has 0 fully saturated rings. The number of hydrogen-bond acceptors (Lipinski definition) is 3. The number of esters is 1. The van der Waals surface area contributed by atoms with E-state index in [1.165, 1.54) is 6.92 Å². The monoisotopic (exact) mass is 350 g/mol. The predicted molar refractivity (Wildman–Crippen MR) is 91.6 cm³/mol. The van der Waals surface area contributed by atoms with Crippen molar-refractivity contribution < 1.29 is 14.3 Å². The number of hydrogen-bond donors (Lipinski definition) is 0. The quantitative estimate of drug-likeness (QED) is 0.573. The lowest BCUT2D eigenvalue weighted by Gasteiger charge is -2.14. The number of ether oxygens (including phenoxy) is 1. The highest BCUT2D eigenvalue weighted by molar-refractivity contribution is 6.39. The Balaban J connectivity index is 2.17. The highest BCUT2D eigenvalue weighted by Gasteiger charge is 2.23. The van der Waals surface area contributed by atoms with Crippen LogP contribution in [0.1, 0.15) is 38.8 Å². The van der Waals surface area contributed by atoms with E-state index in [-0.39, 0.29) is 21.4 Å². The van der Waals surface area contributed by atoms with Crippen molar-refractivity contribution in [2.24, 2.45) is 0 Å². The van der Waals surface area contributed by atoms with E-state index in [2.05, 4.69) is 0 Å². The summed E-state index contributed by atoms with van der Waals surface area (Å²) in [7, 11) is 0. The van der Waals surface area contributed by atoms with Gasteiger partial charge in [-0.1, -0.05) is 41.4 Å². The van der Waals surface area contributed by atoms with Crippen molar-refractivity contribution in [2.75, 3.05) is 0 Å². The van der Waals surface area contributed by atoms with Crippen molar-refractivity contribution in [3.05, 3.63) is 68.7 Å². The third-order valence-electron chi connectivity index (χ3n) is 3.61. The van der Waals surface area contributed by atoms with Crippen LogP contribution in [0, 0.1) is 13.8 Å². The van der Waals surface area contributed by atoms with Crippen molar-refractivity contribution in [3.8, 4) is 0 Å². The van der Waals surface area contributed by atoms with Crippen LogP contribution in [0.25, 0.3) is 0 Å². The summed E-state index contributed by atoms with van der Waals surface area (Å²) in [5.74, 6) is -0.991. The maximum Gasteiger partial charge on any atom is 0.341 e. The van der Waals surface area contributed by atoms with Crippen LogP contribution in [0.3, 0.4) is 0 Å². The smallest absolute Gasteiger partial charge is 0.341 e. The van der Waals surface area contributed by atoms with Gasteiger partial charge in [-0.2, -0.15) is 0 Å². The van der Waals surface area contributed by atoms with E-state index in [1.54, 1.807) is 30.3 Å². The maximum atomic E-state index is 12.4. The number of aryl methyl sites for hydroxylation is 2. The van der Waals surface area contributed by atoms with Gasteiger partial charge in [0.25, 0.3) is 0 Å². The zero-order chi connectivity index (χ0) is 17.1. The standard InChI is InChI=1S/C18H16Cl2O3/c1-10-7-8-13(9-11(10)2)17(21)12(3)23-18(22)16-14(19)5-4-6-15(16)20/h4-9,12H,1-3H3/t12-/m0/s1. The van der Waals surface area contributed by atoms with Crippen LogP contribution in [-0.4, -0.2) is 17.9 Å². The number of carbonyl (C=O) groups is 2. The van der Waals surface area contributed by atoms with Gasteiger partial charge in [-0.15, -0.1) is 0 Å². The van der Waals surface area contributed by atoms with Crippen molar-refractivity contribution in [2.45, 2.75) is 26.9 Å². The van der Waals surface area contributed by atoms with E-state index in [9.17, 15) is 9.59 Å². The molecule has 23 heavy (non-hydrogen) atoms. The Hall–Kier alpha value is -1.84. The van der Waals surface area contributed by atoms with Crippen LogP contribution >= 0.6 is 23.2 Å². The highest BCUT2D eigenvalue weighted by atomic mass is 35.5. The first kappa shape index (κ1) is 17.5. The molecule has 0 amide bonds. The Labute approximate surface area is 145 Å². The molecule has 5 heteroatoms. The van der Waals surface area contributed by atoms with Gasteiger partial charge in [0, 0.05) is 5.56 Å². The van der Waals surface area contributed by atoms with Gasteiger partial charge >= 0.3 is 5.97 Å². The Kier molecular flexibility index (Phi) is 5.45. The molecule has 0 aliphatic heterocycles. The SMILES string of the molecule is Cc1ccc(C(=O)[C@H](C)OC(=O)c2c(Cl)cccc2Cl)cc1C. The first-order valence-corrected chi connectivity index (χ1v) is 7.83. The van der Waals surface area contributed by atoms with Crippen LogP contribution in [0.15, 0.2) is 36.4 Å². The summed E-state index contributed by atoms with van der Waals surface area (Å²) in [5.41, 5.74) is 2.66. The normalized spacial score (nSPS) is 11.9. The maximum absolute atomic E-state index is 12.4. The van der Waals surface area contributed by atoms with Crippen molar-refractivity contribution >= 4 is 35.0 Å². The fourth-order valence-corrected chi connectivity index (χ4v) is 2.65. The van der Waals surface area contributed by atoms with E-state index in [0.717, 1.165) is 11.1 Å². The number of Topliss-reactive ketones (excluding diaryl/α,β-unsaturated/α-hetero) is 1. The molecule has 0 N–H and O–H groups in total. The molecule has 0 spiro atoms. The van der Waals surface area contributed by atoms with Crippen molar-refractivity contribution in [3.63, 3.8) is 0 Å². The Morgan fingerprint density at radius 2 is 1.61 bits per heavy atom. The number of benzene rings is 2. The fraction of sp³-hybridized carbons (Fsp3) is 0.222. The second-order valence-corrected chi connectivity index (χ2v) is 6.12. The number of carbonyl (C=O) groups excluding carboxylic acids is 2. The Morgan fingerprint density at radius 1 is 1.00 bits per heavy atom. The lowest BCUT2D eigenvalue weighted by molar-refractivity contribution is 0.0319. The van der Waals surface area contributed by atoms with Gasteiger partial charge in [-0.25, -0.2) is 4.79 Å². The lowest BCUT2D eigenvalue weighted by Crippen LogP contribution is -2.25. The largest absolute Gasteiger partial charge is 0.451 e. The highest BCUT2D eigenvalue weighted by Crippen LogP contribution is 2.25. The molecular formula is C18H16Cl2O3. The van der Waals surface area contributed by atoms with E-state index in [0.29, 0.717) is 5.56 Å². The van der Waals surface area contributed by atoms with Gasteiger partial charge in [-0.05, 0) is 50.1 Å². The molecule has 1 atom stereocenters. The summed E-state index contributed by atoms with van der Waals surface area (Å²) < 4.78 is 5.23. The molecule has 2 aromatic carbocycles. The summed E-state index contributed by atoms with van der Waals surface area (Å²) in [6.07, 6.45) is -0.933. The molecule has 0 aliphatic carbocycles. The molecule has 2 aromatic rings. The van der Waals surface area contributed by atoms with Crippen LogP contribution in [0.2, 0.25) is 10.0 Å². The fourth-order valence-electron chi connectivity index (χ4n) is 2.10. The van der Waals surface area contributed by atoms with Crippen molar-refractivity contribution in [1.29, 1.82) is 0 Å². The summed E-state index contributed by atoms with van der Waals surface area (Å²) in [6.45, 7) is 5.42. The molecule has 3 nitrogen and oxygen atoms in total. The molecule has 0 saturated carbocycles. The molecule has 0 unspecified atom stereocenters. The van der Waals surface area contributed by atoms with E-state index in [1.807, 2.05) is 19.9 Å². The molecule has 0 aliphatic rings. The molecule has 2 rings (SSSR count). The zero-order valence-electron chi connectivity index (χ0n) is 13.0. The first-order valence-electron chi connectivity index (χ1n) is 7.07. The van der Waals surface area contributed by atoms with Crippen LogP contribution in [-0.2, 0) is 4.74 Å². The number of halogens is 2. The zero-order valence-corrected chi connectivity index (χ0v) is 14.5. The number of rotatable bonds is 4. The predicted octanol–water partition coefficient (Wildman–Crippen LogP) is 5.04. The van der Waals surface area contributed by atoms with Gasteiger partial charge in [0.15, 0.2) is 6.10 Å². The first-order chi connectivity index (χ1) is 10.8. The number of ketones is 1. The molecular weight excluding hydrogens is 335 g/mol. The average molecular weight is 351 g/mol. The van der Waals surface area contributed by atoms with E-state index < -0.39 is 12.1 Å². The molecule has 0 radical (unpaired) electrons. The second kappa shape index (κ2) is 7.16. The topological polar surface area (TPSA) is 43.4 Å². The summed E-state index contributed by atoms with van der Waals surface area (Å²) >= 11 is 11.9. The molecule has 0 saturated heterocycles. The Morgan fingerprint density at radius 3 is 2.17 bits per heavy atom. The third kappa shape index (κ3) is 3.92. The summed E-state index contributed by atoms with van der Waals surface area (Å²) in [4.78, 5) is 24.6. The third-order valence-corrected chi connectivity index (χ3v) is 4.24. The van der Waals surface area contributed by atoms with Crippen LogP contribution < -0.4 is 0 Å². The second-order valence-electron chi connectivity index (χ2n) is 5.31. The van der Waals surface area contributed by atoms with E-state index >= 15 is 0 Å². The molecule has 0 bridgehead atoms. The minimum atomic E-state index is -0.933. The van der Waals surface area contributed by atoms with Gasteiger partial charge in [0.1, 0.15) is 0 Å².